The van der Waals surface area contributed by atoms with Gasteiger partial charge in [-0.3, -0.25) is 4.79 Å². The van der Waals surface area contributed by atoms with Gasteiger partial charge in [-0.25, -0.2) is 8.42 Å². The SMILES string of the molecule is Cc1cc(C)c(S(=O)(=O)N2CCC(C(=O)c3ccccc3)CC2)c(C)c1. The number of piperidine rings is 1. The number of carbonyl (C=O) groups is 1. The van der Waals surface area contributed by atoms with Crippen molar-refractivity contribution < 1.29 is 13.2 Å². The van der Waals surface area contributed by atoms with E-state index in [2.05, 4.69) is 0 Å². The second-order valence-electron chi connectivity index (χ2n) is 7.14. The van der Waals surface area contributed by atoms with Gasteiger partial charge in [0.2, 0.25) is 10.0 Å². The molecule has 0 unspecified atom stereocenters. The Bertz CT molecular complexity index is 889. The molecule has 0 bridgehead atoms. The summed E-state index contributed by atoms with van der Waals surface area (Å²) in [6.45, 7) is 6.44. The number of rotatable bonds is 4. The van der Waals surface area contributed by atoms with Crippen LogP contribution in [0.5, 0.6) is 0 Å². The van der Waals surface area contributed by atoms with Gasteiger partial charge in [-0.2, -0.15) is 4.31 Å². The molecule has 5 heteroatoms. The molecule has 1 fully saturated rings. The second-order valence-corrected chi connectivity index (χ2v) is 9.01. The van der Waals surface area contributed by atoms with Crippen LogP contribution in [0.4, 0.5) is 0 Å². The lowest BCUT2D eigenvalue weighted by Gasteiger charge is -2.31. The first kappa shape index (κ1) is 18.8. The van der Waals surface area contributed by atoms with Crippen LogP contribution >= 0.6 is 0 Å². The van der Waals surface area contributed by atoms with Gasteiger partial charge in [0.05, 0.1) is 4.90 Å². The van der Waals surface area contributed by atoms with Gasteiger partial charge < -0.3 is 0 Å². The monoisotopic (exact) mass is 371 g/mol. The Balaban J connectivity index is 1.77. The van der Waals surface area contributed by atoms with Crippen molar-refractivity contribution in [1.29, 1.82) is 0 Å². The predicted octanol–water partition coefficient (Wildman–Crippen LogP) is 3.90. The van der Waals surface area contributed by atoms with Gasteiger partial charge in [0.15, 0.2) is 5.78 Å². The van der Waals surface area contributed by atoms with E-state index in [0.717, 1.165) is 16.7 Å². The van der Waals surface area contributed by atoms with Crippen LogP contribution in [0.15, 0.2) is 47.4 Å². The van der Waals surface area contributed by atoms with Gasteiger partial charge in [-0.05, 0) is 44.7 Å². The van der Waals surface area contributed by atoms with Crippen molar-refractivity contribution in [2.75, 3.05) is 13.1 Å². The molecule has 1 aliphatic heterocycles. The molecular formula is C21H25NO3S. The highest BCUT2D eigenvalue weighted by Crippen LogP contribution is 2.29. The van der Waals surface area contributed by atoms with Gasteiger partial charge in [0.1, 0.15) is 0 Å². The zero-order valence-corrected chi connectivity index (χ0v) is 16.3. The average molecular weight is 372 g/mol. The summed E-state index contributed by atoms with van der Waals surface area (Å²) in [5.41, 5.74) is 3.33. The van der Waals surface area contributed by atoms with Crippen molar-refractivity contribution in [3.8, 4) is 0 Å². The summed E-state index contributed by atoms with van der Waals surface area (Å²) < 4.78 is 27.8. The van der Waals surface area contributed by atoms with Crippen molar-refractivity contribution in [3.63, 3.8) is 0 Å². The van der Waals surface area contributed by atoms with E-state index in [1.54, 1.807) is 0 Å². The third-order valence-corrected chi connectivity index (χ3v) is 7.29. The number of carbonyl (C=O) groups excluding carboxylic acids is 1. The molecule has 0 radical (unpaired) electrons. The number of nitrogens with zero attached hydrogens (tertiary/aromatic N) is 1. The molecule has 0 saturated carbocycles. The van der Waals surface area contributed by atoms with E-state index < -0.39 is 10.0 Å². The Kier molecular flexibility index (Phi) is 5.30. The van der Waals surface area contributed by atoms with Crippen LogP contribution in [0, 0.1) is 26.7 Å². The third-order valence-electron chi connectivity index (χ3n) is 5.09. The second kappa shape index (κ2) is 7.33. The normalized spacial score (nSPS) is 16.6. The van der Waals surface area contributed by atoms with Crippen LogP contribution < -0.4 is 0 Å². The maximum absolute atomic E-state index is 13.1. The highest BCUT2D eigenvalue weighted by molar-refractivity contribution is 7.89. The van der Waals surface area contributed by atoms with Crippen LogP contribution in [0.25, 0.3) is 0 Å². The topological polar surface area (TPSA) is 54.5 Å². The van der Waals surface area contributed by atoms with Gasteiger partial charge in [-0.15, -0.1) is 0 Å². The first-order chi connectivity index (χ1) is 12.3. The first-order valence-electron chi connectivity index (χ1n) is 8.98. The number of benzene rings is 2. The highest BCUT2D eigenvalue weighted by Gasteiger charge is 2.33. The Morgan fingerprint density at radius 2 is 1.50 bits per heavy atom. The summed E-state index contributed by atoms with van der Waals surface area (Å²) in [5, 5.41) is 0. The zero-order valence-electron chi connectivity index (χ0n) is 15.5. The molecule has 1 heterocycles. The number of hydrogen-bond acceptors (Lipinski definition) is 3. The summed E-state index contributed by atoms with van der Waals surface area (Å²) in [7, 11) is -3.53. The minimum Gasteiger partial charge on any atom is -0.294 e. The molecule has 0 atom stereocenters. The summed E-state index contributed by atoms with van der Waals surface area (Å²) in [6, 6.07) is 13.1. The zero-order chi connectivity index (χ0) is 18.9. The molecule has 0 amide bonds. The number of aryl methyl sites for hydroxylation is 3. The lowest BCUT2D eigenvalue weighted by Crippen LogP contribution is -2.40. The van der Waals surface area contributed by atoms with Crippen LogP contribution in [0.1, 0.15) is 39.9 Å². The minimum absolute atomic E-state index is 0.107. The smallest absolute Gasteiger partial charge is 0.243 e. The van der Waals surface area contributed by atoms with E-state index in [0.29, 0.717) is 36.4 Å². The summed E-state index contributed by atoms with van der Waals surface area (Å²) in [4.78, 5) is 13.0. The Labute approximate surface area is 155 Å². The fourth-order valence-corrected chi connectivity index (χ4v) is 5.78. The van der Waals surface area contributed by atoms with Gasteiger partial charge in [-0.1, -0.05) is 48.0 Å². The molecule has 26 heavy (non-hydrogen) atoms. The number of sulfonamides is 1. The van der Waals surface area contributed by atoms with Gasteiger partial charge in [0.25, 0.3) is 0 Å². The maximum atomic E-state index is 13.1. The summed E-state index contributed by atoms with van der Waals surface area (Å²) in [6.07, 6.45) is 1.13. The highest BCUT2D eigenvalue weighted by atomic mass is 32.2. The molecule has 3 rings (SSSR count). The van der Waals surface area contributed by atoms with Gasteiger partial charge in [0, 0.05) is 24.6 Å². The van der Waals surface area contributed by atoms with Crippen molar-refractivity contribution in [3.05, 3.63) is 64.7 Å². The number of Topliss-reactive ketones (excluding diaryl/α,β-unsaturated/α-hetero) is 1. The third kappa shape index (κ3) is 3.60. The van der Waals surface area contributed by atoms with Crippen LogP contribution in [0.2, 0.25) is 0 Å². The molecule has 0 spiro atoms. The molecule has 4 nitrogen and oxygen atoms in total. The average Bonchev–Trinajstić information content (AvgIpc) is 2.61. The fraction of sp³-hybridized carbons (Fsp3) is 0.381. The molecule has 1 saturated heterocycles. The van der Waals surface area contributed by atoms with Crippen molar-refractivity contribution >= 4 is 15.8 Å². The van der Waals surface area contributed by atoms with E-state index in [4.69, 9.17) is 0 Å². The molecule has 1 aliphatic rings. The van der Waals surface area contributed by atoms with E-state index in [1.807, 2.05) is 63.2 Å². The van der Waals surface area contributed by atoms with Crippen molar-refractivity contribution in [2.45, 2.75) is 38.5 Å². The minimum atomic E-state index is -3.53. The Morgan fingerprint density at radius 3 is 2.04 bits per heavy atom. The molecular weight excluding hydrogens is 346 g/mol. The Hall–Kier alpha value is -1.98. The van der Waals surface area contributed by atoms with Crippen molar-refractivity contribution in [1.82, 2.24) is 4.31 Å². The molecule has 0 N–H and O–H groups in total. The van der Waals surface area contributed by atoms with Crippen LogP contribution in [-0.4, -0.2) is 31.6 Å². The largest absolute Gasteiger partial charge is 0.294 e. The Morgan fingerprint density at radius 1 is 0.962 bits per heavy atom. The van der Waals surface area contributed by atoms with Crippen molar-refractivity contribution in [2.24, 2.45) is 5.92 Å². The molecule has 2 aromatic carbocycles. The molecule has 0 aliphatic carbocycles. The number of hydrogen-bond donors (Lipinski definition) is 0. The molecule has 138 valence electrons. The summed E-state index contributed by atoms with van der Waals surface area (Å²) in [5.74, 6) is 0.00871. The molecule has 2 aromatic rings. The lowest BCUT2D eigenvalue weighted by molar-refractivity contribution is 0.0875. The first-order valence-corrected chi connectivity index (χ1v) is 10.4. The van der Waals surface area contributed by atoms with Crippen LogP contribution in [-0.2, 0) is 10.0 Å². The maximum Gasteiger partial charge on any atom is 0.243 e. The van der Waals surface area contributed by atoms with E-state index in [-0.39, 0.29) is 11.7 Å². The lowest BCUT2D eigenvalue weighted by atomic mass is 9.90. The quantitative estimate of drug-likeness (QED) is 0.766. The number of ketones is 1. The van der Waals surface area contributed by atoms with E-state index in [1.165, 1.54) is 4.31 Å². The van der Waals surface area contributed by atoms with E-state index >= 15 is 0 Å². The standard InChI is InChI=1S/C21H25NO3S/c1-15-13-16(2)21(17(3)14-15)26(24,25)22-11-9-19(10-12-22)20(23)18-7-5-4-6-8-18/h4-8,13-14,19H,9-12H2,1-3H3. The van der Waals surface area contributed by atoms with Gasteiger partial charge >= 0.3 is 0 Å². The van der Waals surface area contributed by atoms with E-state index in [9.17, 15) is 13.2 Å². The summed E-state index contributed by atoms with van der Waals surface area (Å²) >= 11 is 0. The predicted molar refractivity (Wildman–Crippen MR) is 103 cm³/mol. The molecule has 0 aromatic heterocycles. The fourth-order valence-electron chi connectivity index (χ4n) is 3.90. The van der Waals surface area contributed by atoms with Crippen LogP contribution in [0.3, 0.4) is 0 Å².